The molecule has 2 aliphatic carbocycles. The second-order valence-corrected chi connectivity index (χ2v) is 7.14. The lowest BCUT2D eigenvalue weighted by atomic mass is 9.82. The zero-order valence-electron chi connectivity index (χ0n) is 13.8. The number of nitro benzene ring substituents is 1. The summed E-state index contributed by atoms with van der Waals surface area (Å²) in [4.78, 5) is 24.9. The van der Waals surface area contributed by atoms with Gasteiger partial charge in [0.15, 0.2) is 0 Å². The van der Waals surface area contributed by atoms with E-state index in [2.05, 4.69) is 0 Å². The van der Waals surface area contributed by atoms with Crippen molar-refractivity contribution in [2.45, 2.75) is 69.6 Å². The first-order valence-corrected chi connectivity index (χ1v) is 8.72. The Morgan fingerprint density at radius 1 is 1.21 bits per heavy atom. The van der Waals surface area contributed by atoms with E-state index < -0.39 is 10.5 Å². The van der Waals surface area contributed by atoms with Gasteiger partial charge in [-0.3, -0.25) is 14.9 Å². The molecule has 1 aromatic rings. The Morgan fingerprint density at radius 2 is 1.83 bits per heavy atom. The SMILES string of the molecule is O=C(CC1(O)CCCCC1)N(Cc1ccc([N+](=O)[O-])cc1)C1CC1. The summed E-state index contributed by atoms with van der Waals surface area (Å²) in [6.45, 7) is 0.456. The van der Waals surface area contributed by atoms with Gasteiger partial charge in [0.05, 0.1) is 16.9 Å². The average Bonchev–Trinajstić information content (AvgIpc) is 3.38. The molecule has 24 heavy (non-hydrogen) atoms. The van der Waals surface area contributed by atoms with E-state index in [0.717, 1.165) is 37.7 Å². The zero-order chi connectivity index (χ0) is 17.2. The number of nitrogens with zero attached hydrogens (tertiary/aromatic N) is 2. The first-order valence-electron chi connectivity index (χ1n) is 8.72. The number of non-ortho nitro benzene ring substituents is 1. The molecule has 0 spiro atoms. The number of hydrogen-bond acceptors (Lipinski definition) is 4. The highest BCUT2D eigenvalue weighted by atomic mass is 16.6. The van der Waals surface area contributed by atoms with Crippen LogP contribution in [0.4, 0.5) is 5.69 Å². The van der Waals surface area contributed by atoms with Crippen molar-refractivity contribution in [1.82, 2.24) is 4.90 Å². The van der Waals surface area contributed by atoms with Crippen molar-refractivity contribution in [1.29, 1.82) is 0 Å². The quantitative estimate of drug-likeness (QED) is 0.640. The van der Waals surface area contributed by atoms with Crippen LogP contribution in [-0.2, 0) is 11.3 Å². The van der Waals surface area contributed by atoms with Crippen molar-refractivity contribution < 1.29 is 14.8 Å². The van der Waals surface area contributed by atoms with Gasteiger partial charge in [0.2, 0.25) is 5.91 Å². The molecular formula is C18H24N2O4. The number of carbonyl (C=O) groups is 1. The standard InChI is InChI=1S/C18H24N2O4/c21-17(12-18(22)10-2-1-3-11-18)19(15-8-9-15)13-14-4-6-16(7-5-14)20(23)24/h4-7,15,22H,1-3,8-13H2. The van der Waals surface area contributed by atoms with Gasteiger partial charge in [0.1, 0.15) is 0 Å². The average molecular weight is 332 g/mol. The van der Waals surface area contributed by atoms with Gasteiger partial charge in [-0.05, 0) is 31.2 Å². The third-order valence-corrected chi connectivity index (χ3v) is 5.07. The van der Waals surface area contributed by atoms with Crippen molar-refractivity contribution in [2.24, 2.45) is 0 Å². The molecule has 3 rings (SSSR count). The summed E-state index contributed by atoms with van der Waals surface area (Å²) in [5.74, 6) is 0.000234. The van der Waals surface area contributed by atoms with Gasteiger partial charge < -0.3 is 10.0 Å². The zero-order valence-corrected chi connectivity index (χ0v) is 13.8. The molecule has 6 heteroatoms. The number of amides is 1. The molecule has 0 bridgehead atoms. The first kappa shape index (κ1) is 16.9. The van der Waals surface area contributed by atoms with Crippen molar-refractivity contribution in [3.8, 4) is 0 Å². The van der Waals surface area contributed by atoms with Crippen LogP contribution in [0.1, 0.15) is 56.9 Å². The maximum absolute atomic E-state index is 12.7. The van der Waals surface area contributed by atoms with E-state index in [9.17, 15) is 20.0 Å². The van der Waals surface area contributed by atoms with E-state index >= 15 is 0 Å². The van der Waals surface area contributed by atoms with E-state index in [4.69, 9.17) is 0 Å². The van der Waals surface area contributed by atoms with E-state index in [1.54, 1.807) is 12.1 Å². The molecule has 0 aliphatic heterocycles. The largest absolute Gasteiger partial charge is 0.389 e. The fraction of sp³-hybridized carbons (Fsp3) is 0.611. The molecule has 0 aromatic heterocycles. The minimum Gasteiger partial charge on any atom is -0.389 e. The molecule has 0 saturated heterocycles. The van der Waals surface area contributed by atoms with E-state index in [0.29, 0.717) is 19.4 Å². The predicted octanol–water partition coefficient (Wildman–Crippen LogP) is 3.17. The van der Waals surface area contributed by atoms with Gasteiger partial charge in [0, 0.05) is 24.7 Å². The smallest absolute Gasteiger partial charge is 0.269 e. The molecule has 0 radical (unpaired) electrons. The number of benzene rings is 1. The lowest BCUT2D eigenvalue weighted by molar-refractivity contribution is -0.384. The van der Waals surface area contributed by atoms with Crippen molar-refractivity contribution in [3.05, 3.63) is 39.9 Å². The molecule has 1 aromatic carbocycles. The van der Waals surface area contributed by atoms with E-state index in [-0.39, 0.29) is 24.1 Å². The summed E-state index contributed by atoms with van der Waals surface area (Å²) < 4.78 is 0. The lowest BCUT2D eigenvalue weighted by Crippen LogP contribution is -2.41. The van der Waals surface area contributed by atoms with Crippen LogP contribution in [0.15, 0.2) is 24.3 Å². The third-order valence-electron chi connectivity index (χ3n) is 5.07. The molecule has 1 amide bonds. The van der Waals surface area contributed by atoms with Gasteiger partial charge in [0.25, 0.3) is 5.69 Å². The highest BCUT2D eigenvalue weighted by Gasteiger charge is 2.38. The fourth-order valence-electron chi connectivity index (χ4n) is 3.50. The second kappa shape index (κ2) is 6.89. The maximum Gasteiger partial charge on any atom is 0.269 e. The third kappa shape index (κ3) is 4.12. The van der Waals surface area contributed by atoms with E-state index in [1.807, 2.05) is 4.90 Å². The van der Waals surface area contributed by atoms with Crippen LogP contribution in [0, 0.1) is 10.1 Å². The summed E-state index contributed by atoms with van der Waals surface area (Å²) in [7, 11) is 0. The Bertz CT molecular complexity index is 604. The van der Waals surface area contributed by atoms with Crippen molar-refractivity contribution in [2.75, 3.05) is 0 Å². The van der Waals surface area contributed by atoms with Crippen molar-refractivity contribution in [3.63, 3.8) is 0 Å². The second-order valence-electron chi connectivity index (χ2n) is 7.14. The minimum absolute atomic E-state index is 0.000234. The van der Waals surface area contributed by atoms with Gasteiger partial charge in [-0.25, -0.2) is 0 Å². The summed E-state index contributed by atoms with van der Waals surface area (Å²) >= 11 is 0. The Hall–Kier alpha value is -1.95. The normalized spacial score (nSPS) is 19.7. The molecule has 1 N–H and O–H groups in total. The monoisotopic (exact) mass is 332 g/mol. The summed E-state index contributed by atoms with van der Waals surface area (Å²) in [6.07, 6.45) is 6.69. The number of nitro groups is 1. The molecule has 6 nitrogen and oxygen atoms in total. The number of rotatable bonds is 6. The van der Waals surface area contributed by atoms with Gasteiger partial charge >= 0.3 is 0 Å². The molecule has 2 saturated carbocycles. The molecule has 2 fully saturated rings. The Labute approximate surface area is 141 Å². The van der Waals surface area contributed by atoms with Crippen LogP contribution in [-0.4, -0.2) is 32.5 Å². The van der Waals surface area contributed by atoms with Crippen LogP contribution in [0.5, 0.6) is 0 Å². The van der Waals surface area contributed by atoms with Gasteiger partial charge in [-0.15, -0.1) is 0 Å². The van der Waals surface area contributed by atoms with Crippen LogP contribution in [0.25, 0.3) is 0 Å². The number of aliphatic hydroxyl groups is 1. The highest BCUT2D eigenvalue weighted by molar-refractivity contribution is 5.78. The van der Waals surface area contributed by atoms with Crippen LogP contribution in [0.3, 0.4) is 0 Å². The summed E-state index contributed by atoms with van der Waals surface area (Å²) in [6, 6.07) is 6.60. The molecule has 0 heterocycles. The van der Waals surface area contributed by atoms with Crippen molar-refractivity contribution >= 4 is 11.6 Å². The Balaban J connectivity index is 1.65. The number of carbonyl (C=O) groups excluding carboxylic acids is 1. The van der Waals surface area contributed by atoms with Gasteiger partial charge in [-0.2, -0.15) is 0 Å². The highest BCUT2D eigenvalue weighted by Crippen LogP contribution is 2.34. The maximum atomic E-state index is 12.7. The summed E-state index contributed by atoms with van der Waals surface area (Å²) in [5.41, 5.74) is 0.0915. The molecular weight excluding hydrogens is 308 g/mol. The summed E-state index contributed by atoms with van der Waals surface area (Å²) in [5, 5.41) is 21.4. The number of hydrogen-bond donors (Lipinski definition) is 1. The Kier molecular flexibility index (Phi) is 4.85. The first-order chi connectivity index (χ1) is 11.5. The van der Waals surface area contributed by atoms with E-state index in [1.165, 1.54) is 12.1 Å². The molecule has 130 valence electrons. The minimum atomic E-state index is -0.849. The molecule has 0 atom stereocenters. The van der Waals surface area contributed by atoms with Crippen LogP contribution < -0.4 is 0 Å². The fourth-order valence-corrected chi connectivity index (χ4v) is 3.50. The molecule has 2 aliphatic rings. The van der Waals surface area contributed by atoms with Gasteiger partial charge in [-0.1, -0.05) is 31.4 Å². The van der Waals surface area contributed by atoms with Crippen LogP contribution in [0.2, 0.25) is 0 Å². The Morgan fingerprint density at radius 3 is 2.38 bits per heavy atom. The topological polar surface area (TPSA) is 83.7 Å². The molecule has 0 unspecified atom stereocenters. The predicted molar refractivity (Wildman–Crippen MR) is 89.3 cm³/mol. The van der Waals surface area contributed by atoms with Crippen LogP contribution >= 0.6 is 0 Å². The lowest BCUT2D eigenvalue weighted by Gasteiger charge is -2.34.